The SMILES string of the molecule is CCCCCCCCCCC/C=C\CCCCCOC[C@H](COP(=O)([O-])OCC[N+](C)(C)C)OCCCCC/C=C\CCCCCCCCCCC. The van der Waals surface area contributed by atoms with Crippen LogP contribution in [-0.4, -0.2) is 71.3 Å². The summed E-state index contributed by atoms with van der Waals surface area (Å²) in [5.41, 5.74) is 0. The summed E-state index contributed by atoms with van der Waals surface area (Å²) in [6.45, 7) is 6.65. The normalized spacial score (nSPS) is 14.2. The lowest BCUT2D eigenvalue weighted by molar-refractivity contribution is -0.870. The van der Waals surface area contributed by atoms with Gasteiger partial charge in [0.05, 0.1) is 34.4 Å². The van der Waals surface area contributed by atoms with Gasteiger partial charge in [-0.2, -0.15) is 0 Å². The van der Waals surface area contributed by atoms with Crippen LogP contribution in [0.5, 0.6) is 0 Å². The van der Waals surface area contributed by atoms with Gasteiger partial charge in [-0.25, -0.2) is 0 Å². The molecule has 0 amide bonds. The van der Waals surface area contributed by atoms with Gasteiger partial charge >= 0.3 is 0 Å². The van der Waals surface area contributed by atoms with Crippen molar-refractivity contribution in [3.63, 3.8) is 0 Å². The summed E-state index contributed by atoms with van der Waals surface area (Å²) in [6.07, 6.45) is 44.8. The molecule has 0 radical (unpaired) electrons. The second-order valence-corrected chi connectivity index (χ2v) is 17.4. The summed E-state index contributed by atoms with van der Waals surface area (Å²) in [7, 11) is 1.58. The largest absolute Gasteiger partial charge is 0.756 e. The lowest BCUT2D eigenvalue weighted by Crippen LogP contribution is -2.37. The van der Waals surface area contributed by atoms with Gasteiger partial charge in [0, 0.05) is 13.2 Å². The Morgan fingerprint density at radius 3 is 1.31 bits per heavy atom. The summed E-state index contributed by atoms with van der Waals surface area (Å²) in [4.78, 5) is 12.4. The van der Waals surface area contributed by atoms with Gasteiger partial charge in [-0.15, -0.1) is 0 Å². The van der Waals surface area contributed by atoms with Gasteiger partial charge in [-0.3, -0.25) is 4.57 Å². The zero-order valence-corrected chi connectivity index (χ0v) is 36.2. The van der Waals surface area contributed by atoms with E-state index in [0.717, 1.165) is 44.9 Å². The van der Waals surface area contributed by atoms with Crippen molar-refractivity contribution < 1.29 is 32.5 Å². The zero-order chi connectivity index (χ0) is 38.3. The molecule has 0 fully saturated rings. The van der Waals surface area contributed by atoms with Gasteiger partial charge in [0.2, 0.25) is 0 Å². The fourth-order valence-corrected chi connectivity index (χ4v) is 6.78. The van der Waals surface area contributed by atoms with E-state index in [2.05, 4.69) is 38.2 Å². The lowest BCUT2D eigenvalue weighted by atomic mass is 10.1. The van der Waals surface area contributed by atoms with Crippen LogP contribution in [0.2, 0.25) is 0 Å². The monoisotopic (exact) mass is 758 g/mol. The Bertz CT molecular complexity index is 830. The van der Waals surface area contributed by atoms with Gasteiger partial charge in [-0.05, 0) is 64.2 Å². The van der Waals surface area contributed by atoms with Crippen molar-refractivity contribution in [1.82, 2.24) is 0 Å². The Balaban J connectivity index is 4.14. The third-order valence-corrected chi connectivity index (χ3v) is 10.5. The summed E-state index contributed by atoms with van der Waals surface area (Å²) in [5, 5.41) is 0. The van der Waals surface area contributed by atoms with Crippen LogP contribution in [0.3, 0.4) is 0 Å². The molecule has 8 heteroatoms. The van der Waals surface area contributed by atoms with Crippen molar-refractivity contribution in [2.75, 3.05) is 60.7 Å². The minimum absolute atomic E-state index is 0.0868. The van der Waals surface area contributed by atoms with Crippen LogP contribution in [0.4, 0.5) is 0 Å². The van der Waals surface area contributed by atoms with Gasteiger partial charge in [0.15, 0.2) is 0 Å². The third kappa shape index (κ3) is 42.2. The second kappa shape index (κ2) is 38.7. The number of phosphoric ester groups is 1. The molecule has 0 aromatic rings. The maximum atomic E-state index is 12.4. The fourth-order valence-electron chi connectivity index (χ4n) is 6.05. The maximum absolute atomic E-state index is 12.4. The van der Waals surface area contributed by atoms with E-state index in [1.807, 2.05) is 21.1 Å². The topological polar surface area (TPSA) is 77.1 Å². The average molecular weight is 758 g/mol. The first-order valence-electron chi connectivity index (χ1n) is 22.1. The molecule has 310 valence electrons. The van der Waals surface area contributed by atoms with E-state index in [0.29, 0.717) is 30.8 Å². The van der Waals surface area contributed by atoms with Crippen molar-refractivity contribution in [3.8, 4) is 0 Å². The molecule has 0 aromatic carbocycles. The minimum Gasteiger partial charge on any atom is -0.756 e. The highest BCUT2D eigenvalue weighted by molar-refractivity contribution is 7.45. The Morgan fingerprint density at radius 2 is 0.885 bits per heavy atom. The molecule has 0 rings (SSSR count). The van der Waals surface area contributed by atoms with Crippen LogP contribution in [-0.2, 0) is 23.1 Å². The number of hydrogen-bond donors (Lipinski definition) is 0. The van der Waals surface area contributed by atoms with Crippen LogP contribution in [0.1, 0.15) is 194 Å². The van der Waals surface area contributed by atoms with E-state index in [9.17, 15) is 9.46 Å². The Morgan fingerprint density at radius 1 is 0.500 bits per heavy atom. The standard InChI is InChI=1S/C44H88NO6P/c1-6-8-10-12-14-16-18-20-22-24-26-28-30-32-34-36-39-48-42-44(43-51-52(46,47)50-41-38-45(3,4)5)49-40-37-35-33-31-29-27-25-23-21-19-17-15-13-11-9-7-2/h26-29,44H,6-25,30-43H2,1-5H3/b28-26-,29-27-/t44-/m1/s1. The second-order valence-electron chi connectivity index (χ2n) is 16.0. The number of hydrogen-bond acceptors (Lipinski definition) is 6. The quantitative estimate of drug-likeness (QED) is 0.0267. The van der Waals surface area contributed by atoms with Gasteiger partial charge < -0.3 is 27.9 Å². The van der Waals surface area contributed by atoms with Gasteiger partial charge in [-0.1, -0.05) is 154 Å². The van der Waals surface area contributed by atoms with E-state index in [4.69, 9.17) is 18.5 Å². The highest BCUT2D eigenvalue weighted by atomic mass is 31.2. The summed E-state index contributed by atoms with van der Waals surface area (Å²) in [6, 6.07) is 0. The first-order chi connectivity index (χ1) is 25.2. The smallest absolute Gasteiger partial charge is 0.268 e. The molecule has 0 spiro atoms. The van der Waals surface area contributed by atoms with E-state index in [1.54, 1.807) is 0 Å². The molecule has 0 N–H and O–H groups in total. The van der Waals surface area contributed by atoms with Crippen molar-refractivity contribution in [2.45, 2.75) is 200 Å². The third-order valence-electron chi connectivity index (χ3n) is 9.54. The molecule has 0 aliphatic rings. The van der Waals surface area contributed by atoms with Crippen LogP contribution in [0, 0.1) is 0 Å². The number of quaternary nitrogens is 1. The zero-order valence-electron chi connectivity index (χ0n) is 35.3. The number of rotatable bonds is 42. The molecule has 0 aliphatic carbocycles. The minimum atomic E-state index is -4.40. The van der Waals surface area contributed by atoms with Crippen LogP contribution in [0.15, 0.2) is 24.3 Å². The molecule has 2 atom stereocenters. The molecule has 0 saturated carbocycles. The fraction of sp³-hybridized carbons (Fsp3) is 0.909. The molecule has 52 heavy (non-hydrogen) atoms. The number of ether oxygens (including phenoxy) is 2. The van der Waals surface area contributed by atoms with Gasteiger partial charge in [0.25, 0.3) is 7.82 Å². The first-order valence-corrected chi connectivity index (χ1v) is 23.6. The van der Waals surface area contributed by atoms with Crippen molar-refractivity contribution in [3.05, 3.63) is 24.3 Å². The van der Waals surface area contributed by atoms with Crippen LogP contribution >= 0.6 is 7.82 Å². The average Bonchev–Trinajstić information content (AvgIpc) is 3.10. The highest BCUT2D eigenvalue weighted by Gasteiger charge is 2.18. The number of likely N-dealkylation sites (N-methyl/N-ethyl adjacent to an activating group) is 1. The number of phosphoric acid groups is 1. The lowest BCUT2D eigenvalue weighted by Gasteiger charge is -2.28. The number of unbranched alkanes of at least 4 members (excludes halogenated alkanes) is 24. The van der Waals surface area contributed by atoms with E-state index in [-0.39, 0.29) is 13.2 Å². The highest BCUT2D eigenvalue weighted by Crippen LogP contribution is 2.38. The predicted octanol–water partition coefficient (Wildman–Crippen LogP) is 12.7. The van der Waals surface area contributed by atoms with Crippen molar-refractivity contribution in [1.29, 1.82) is 0 Å². The van der Waals surface area contributed by atoms with E-state index < -0.39 is 13.9 Å². The molecule has 0 aliphatic heterocycles. The molecule has 0 aromatic heterocycles. The van der Waals surface area contributed by atoms with E-state index in [1.165, 1.54) is 135 Å². The summed E-state index contributed by atoms with van der Waals surface area (Å²) in [5.74, 6) is 0. The molecular formula is C44H88NO6P. The predicted molar refractivity (Wildman–Crippen MR) is 222 cm³/mol. The molecule has 1 unspecified atom stereocenters. The summed E-state index contributed by atoms with van der Waals surface area (Å²) < 4.78 is 35.3. The molecular weight excluding hydrogens is 669 g/mol. The summed E-state index contributed by atoms with van der Waals surface area (Å²) >= 11 is 0. The van der Waals surface area contributed by atoms with Crippen molar-refractivity contribution >= 4 is 7.82 Å². The molecule has 0 heterocycles. The number of nitrogens with zero attached hydrogens (tertiary/aromatic N) is 1. The van der Waals surface area contributed by atoms with Crippen molar-refractivity contribution in [2.24, 2.45) is 0 Å². The Hall–Kier alpha value is -0.530. The number of allylic oxidation sites excluding steroid dienone is 4. The Kier molecular flexibility index (Phi) is 38.3. The molecule has 7 nitrogen and oxygen atoms in total. The molecule has 0 saturated heterocycles. The maximum Gasteiger partial charge on any atom is 0.268 e. The molecule has 0 bridgehead atoms. The first kappa shape index (κ1) is 51.5. The van der Waals surface area contributed by atoms with Crippen LogP contribution < -0.4 is 4.89 Å². The van der Waals surface area contributed by atoms with E-state index >= 15 is 0 Å². The van der Waals surface area contributed by atoms with Crippen LogP contribution in [0.25, 0.3) is 0 Å². The Labute approximate surface area is 324 Å². The van der Waals surface area contributed by atoms with Gasteiger partial charge in [0.1, 0.15) is 19.3 Å².